The van der Waals surface area contributed by atoms with E-state index in [2.05, 4.69) is 31.5 Å². The van der Waals surface area contributed by atoms with Gasteiger partial charge in [0.1, 0.15) is 5.82 Å². The Labute approximate surface area is 165 Å². The van der Waals surface area contributed by atoms with Crippen LogP contribution in [0.1, 0.15) is 22.2 Å². The average Bonchev–Trinajstić information content (AvgIpc) is 3.21. The predicted octanol–water partition coefficient (Wildman–Crippen LogP) is 4.66. The number of nitrogens with one attached hydrogen (secondary N) is 2. The smallest absolute Gasteiger partial charge is 0.258 e. The van der Waals surface area contributed by atoms with Crippen LogP contribution >= 0.6 is 38.6 Å². The number of carbonyl (C=O) groups excluding carboxylic acids is 2. The molecule has 0 spiro atoms. The summed E-state index contributed by atoms with van der Waals surface area (Å²) in [5, 5.41) is 7.78. The number of thiophene rings is 1. The lowest BCUT2D eigenvalue weighted by molar-refractivity contribution is -0.119. The monoisotopic (exact) mass is 453 g/mol. The molecular weight excluding hydrogens is 441 g/mol. The number of carbonyl (C=O) groups is 2. The molecule has 0 unspecified atom stereocenters. The number of anilines is 1. The Bertz CT molecular complexity index is 971. The number of amides is 2. The maximum absolute atomic E-state index is 13.1. The molecule has 0 radical (unpaired) electrons. The molecule has 2 aromatic heterocycles. The third kappa shape index (κ3) is 4.54. The quantitative estimate of drug-likeness (QED) is 0.589. The molecule has 0 atom stereocenters. The summed E-state index contributed by atoms with van der Waals surface area (Å²) in [6.45, 7) is 1.95. The van der Waals surface area contributed by atoms with Crippen molar-refractivity contribution in [3.8, 4) is 10.6 Å². The van der Waals surface area contributed by atoms with E-state index in [1.807, 2.05) is 17.5 Å². The number of thiazole rings is 1. The van der Waals surface area contributed by atoms with Gasteiger partial charge in [-0.3, -0.25) is 14.9 Å². The molecular formula is C17H13BrFN3O2S2. The van der Waals surface area contributed by atoms with Gasteiger partial charge in [0.05, 0.1) is 22.7 Å². The molecule has 9 heteroatoms. The molecule has 0 fully saturated rings. The predicted molar refractivity (Wildman–Crippen MR) is 105 cm³/mol. The van der Waals surface area contributed by atoms with Gasteiger partial charge in [0.15, 0.2) is 5.13 Å². The van der Waals surface area contributed by atoms with Crippen LogP contribution in [0.5, 0.6) is 0 Å². The minimum atomic E-state index is -0.419. The van der Waals surface area contributed by atoms with Crippen LogP contribution in [0.2, 0.25) is 0 Å². The first kappa shape index (κ1) is 18.7. The zero-order valence-electron chi connectivity index (χ0n) is 13.5. The normalized spacial score (nSPS) is 10.6. The van der Waals surface area contributed by atoms with Gasteiger partial charge in [0.25, 0.3) is 5.91 Å². The molecule has 0 saturated carbocycles. The van der Waals surface area contributed by atoms with Crippen molar-refractivity contribution < 1.29 is 14.0 Å². The van der Waals surface area contributed by atoms with Crippen LogP contribution in [0.25, 0.3) is 10.6 Å². The van der Waals surface area contributed by atoms with Crippen molar-refractivity contribution in [3.05, 3.63) is 56.4 Å². The number of hydrogen-bond donors (Lipinski definition) is 2. The van der Waals surface area contributed by atoms with E-state index in [-0.39, 0.29) is 11.8 Å². The minimum absolute atomic E-state index is 0.0782. The number of halogens is 2. The summed E-state index contributed by atoms with van der Waals surface area (Å²) < 4.78 is 13.5. The van der Waals surface area contributed by atoms with Gasteiger partial charge in [-0.1, -0.05) is 0 Å². The van der Waals surface area contributed by atoms with Crippen LogP contribution in [-0.4, -0.2) is 16.8 Å². The highest BCUT2D eigenvalue weighted by Gasteiger charge is 2.14. The van der Waals surface area contributed by atoms with Gasteiger partial charge in [-0.05, 0) is 46.3 Å². The number of nitrogens with zero attached hydrogens (tertiary/aromatic N) is 1. The zero-order valence-corrected chi connectivity index (χ0v) is 16.7. The van der Waals surface area contributed by atoms with Gasteiger partial charge in [0.2, 0.25) is 5.91 Å². The molecule has 0 aliphatic heterocycles. The largest absolute Gasteiger partial charge is 0.351 e. The zero-order chi connectivity index (χ0) is 18.7. The Hall–Kier alpha value is -2.10. The lowest BCUT2D eigenvalue weighted by Crippen LogP contribution is -2.17. The highest BCUT2D eigenvalue weighted by molar-refractivity contribution is 9.10. The highest BCUT2D eigenvalue weighted by atomic mass is 79.9. The fourth-order valence-electron chi connectivity index (χ4n) is 2.10. The number of aromatic nitrogens is 1. The molecule has 26 heavy (non-hydrogen) atoms. The van der Waals surface area contributed by atoms with Gasteiger partial charge in [-0.25, -0.2) is 9.37 Å². The molecule has 5 nitrogen and oxygen atoms in total. The molecule has 0 aliphatic carbocycles. The number of benzene rings is 1. The van der Waals surface area contributed by atoms with Crippen LogP contribution in [0.15, 0.2) is 40.2 Å². The molecule has 0 saturated heterocycles. The molecule has 3 aromatic rings. The molecule has 2 N–H and O–H groups in total. The average molecular weight is 454 g/mol. The lowest BCUT2D eigenvalue weighted by Gasteiger charge is -2.04. The fourth-order valence-corrected chi connectivity index (χ4v) is 4.32. The van der Waals surface area contributed by atoms with E-state index < -0.39 is 5.82 Å². The van der Waals surface area contributed by atoms with Gasteiger partial charge in [-0.2, -0.15) is 0 Å². The second-order valence-corrected chi connectivity index (χ2v) is 8.17. The molecule has 0 bridgehead atoms. The Morgan fingerprint density at radius 1 is 1.27 bits per heavy atom. The van der Waals surface area contributed by atoms with Crippen molar-refractivity contribution in [2.75, 3.05) is 5.32 Å². The van der Waals surface area contributed by atoms with Crippen molar-refractivity contribution in [2.24, 2.45) is 0 Å². The summed E-state index contributed by atoms with van der Waals surface area (Å²) >= 11 is 6.02. The Morgan fingerprint density at radius 2 is 2.08 bits per heavy atom. The third-order valence-corrected chi connectivity index (χ3v) is 5.85. The second-order valence-electron chi connectivity index (χ2n) is 5.29. The van der Waals surface area contributed by atoms with Crippen LogP contribution in [0.3, 0.4) is 0 Å². The summed E-state index contributed by atoms with van der Waals surface area (Å²) in [5.74, 6) is -0.862. The van der Waals surface area contributed by atoms with E-state index in [4.69, 9.17) is 0 Å². The standard InChI is InChI=1S/C17H13BrFN3O2S2/c1-9(23)20-7-11-3-5-15(26-11)14-8-25-17(21-14)22-16(24)12-4-2-10(19)6-13(12)18/h2-6,8H,7H2,1H3,(H,20,23)(H,21,22,24). The first-order valence-corrected chi connectivity index (χ1v) is 9.97. The molecule has 2 amide bonds. The maximum atomic E-state index is 13.1. The fraction of sp³-hybridized carbons (Fsp3) is 0.118. The van der Waals surface area contributed by atoms with Crippen LogP contribution in [0, 0.1) is 5.82 Å². The van der Waals surface area contributed by atoms with E-state index in [9.17, 15) is 14.0 Å². The van der Waals surface area contributed by atoms with Crippen molar-refractivity contribution >= 4 is 55.5 Å². The summed E-state index contributed by atoms with van der Waals surface area (Å²) in [4.78, 5) is 29.7. The van der Waals surface area contributed by atoms with E-state index in [1.54, 1.807) is 0 Å². The highest BCUT2D eigenvalue weighted by Crippen LogP contribution is 2.31. The second kappa shape index (κ2) is 8.07. The molecule has 0 aliphatic rings. The van der Waals surface area contributed by atoms with Crippen molar-refractivity contribution in [3.63, 3.8) is 0 Å². The Balaban J connectivity index is 1.70. The van der Waals surface area contributed by atoms with Crippen LogP contribution < -0.4 is 10.6 Å². The minimum Gasteiger partial charge on any atom is -0.351 e. The summed E-state index contributed by atoms with van der Waals surface area (Å²) in [7, 11) is 0. The van der Waals surface area contributed by atoms with Crippen molar-refractivity contribution in [1.82, 2.24) is 10.3 Å². The van der Waals surface area contributed by atoms with Gasteiger partial charge >= 0.3 is 0 Å². The van der Waals surface area contributed by atoms with Crippen molar-refractivity contribution in [2.45, 2.75) is 13.5 Å². The van der Waals surface area contributed by atoms with Crippen LogP contribution in [-0.2, 0) is 11.3 Å². The first-order chi connectivity index (χ1) is 12.4. The molecule has 3 rings (SSSR count). The van der Waals surface area contributed by atoms with E-state index in [0.29, 0.717) is 21.7 Å². The third-order valence-electron chi connectivity index (χ3n) is 3.33. The summed E-state index contributed by atoms with van der Waals surface area (Å²) in [5.41, 5.74) is 1.08. The Morgan fingerprint density at radius 3 is 2.81 bits per heavy atom. The van der Waals surface area contributed by atoms with E-state index >= 15 is 0 Å². The van der Waals surface area contributed by atoms with Gasteiger partial charge in [-0.15, -0.1) is 22.7 Å². The maximum Gasteiger partial charge on any atom is 0.258 e. The summed E-state index contributed by atoms with van der Waals surface area (Å²) in [6, 6.07) is 7.75. The van der Waals surface area contributed by atoms with Crippen molar-refractivity contribution in [1.29, 1.82) is 0 Å². The van der Waals surface area contributed by atoms with E-state index in [0.717, 1.165) is 15.4 Å². The SMILES string of the molecule is CC(=O)NCc1ccc(-c2csc(NC(=O)c3ccc(F)cc3Br)n2)s1. The topological polar surface area (TPSA) is 71.1 Å². The van der Waals surface area contributed by atoms with Crippen LogP contribution in [0.4, 0.5) is 9.52 Å². The summed E-state index contributed by atoms with van der Waals surface area (Å²) in [6.07, 6.45) is 0. The first-order valence-electron chi connectivity index (χ1n) is 7.48. The van der Waals surface area contributed by atoms with Gasteiger partial charge < -0.3 is 5.32 Å². The van der Waals surface area contributed by atoms with Gasteiger partial charge in [0, 0.05) is 21.7 Å². The molecule has 1 aromatic carbocycles. The molecule has 134 valence electrons. The Kier molecular flexibility index (Phi) is 5.80. The lowest BCUT2D eigenvalue weighted by atomic mass is 10.2. The van der Waals surface area contributed by atoms with E-state index in [1.165, 1.54) is 47.8 Å². The number of hydrogen-bond acceptors (Lipinski definition) is 5. The number of rotatable bonds is 5. The molecule has 2 heterocycles.